The van der Waals surface area contributed by atoms with Crippen molar-refractivity contribution in [3.63, 3.8) is 0 Å². The van der Waals surface area contributed by atoms with Gasteiger partial charge in [0.25, 0.3) is 0 Å². The Morgan fingerprint density at radius 2 is 1.70 bits per heavy atom. The number of ketones is 1. The first-order valence-electron chi connectivity index (χ1n) is 7.52. The second kappa shape index (κ2) is 3.92. The van der Waals surface area contributed by atoms with Crippen molar-refractivity contribution in [3.05, 3.63) is 35.4 Å². The van der Waals surface area contributed by atoms with Crippen LogP contribution in [-0.2, 0) is 14.3 Å². The van der Waals surface area contributed by atoms with Crippen molar-refractivity contribution in [1.82, 2.24) is 0 Å². The largest absolute Gasteiger partial charge is 0.338 e. The Morgan fingerprint density at radius 3 is 2.45 bits per heavy atom. The van der Waals surface area contributed by atoms with Gasteiger partial charge in [0.1, 0.15) is 6.10 Å². The molecule has 1 aromatic rings. The minimum Gasteiger partial charge on any atom is -0.338 e. The number of aryl methyl sites for hydroxylation is 1. The topological polar surface area (TPSA) is 35.5 Å². The van der Waals surface area contributed by atoms with Crippen molar-refractivity contribution in [2.75, 3.05) is 0 Å². The fourth-order valence-electron chi connectivity index (χ4n) is 4.06. The molecule has 4 atom stereocenters. The number of benzene rings is 1. The smallest absolute Gasteiger partial charge is 0.182 e. The Hall–Kier alpha value is -1.19. The minimum atomic E-state index is -0.664. The monoisotopic (exact) mass is 272 g/mol. The Balaban J connectivity index is 1.72. The second-order valence-electron chi connectivity index (χ2n) is 6.64. The van der Waals surface area contributed by atoms with Gasteiger partial charge < -0.3 is 9.47 Å². The van der Waals surface area contributed by atoms with Gasteiger partial charge in [-0.25, -0.2) is 0 Å². The molecule has 3 fully saturated rings. The molecule has 3 nitrogen and oxygen atoms in total. The van der Waals surface area contributed by atoms with Crippen LogP contribution in [0.3, 0.4) is 0 Å². The zero-order chi connectivity index (χ0) is 14.0. The van der Waals surface area contributed by atoms with Gasteiger partial charge in [-0.05, 0) is 32.3 Å². The third-order valence-electron chi connectivity index (χ3n) is 5.39. The van der Waals surface area contributed by atoms with Crippen LogP contribution in [0.2, 0.25) is 0 Å². The average Bonchev–Trinajstić information content (AvgIpc) is 2.92. The van der Waals surface area contributed by atoms with Crippen LogP contribution in [0.1, 0.15) is 49.8 Å². The fraction of sp³-hybridized carbons (Fsp3) is 0.588. The molecule has 2 heterocycles. The number of hydrogen-bond acceptors (Lipinski definition) is 3. The van der Waals surface area contributed by atoms with Crippen LogP contribution in [0, 0.1) is 12.3 Å². The lowest BCUT2D eigenvalue weighted by molar-refractivity contribution is -0.234. The number of ether oxygens (including phenoxy) is 2. The normalized spacial score (nSPS) is 42.8. The summed E-state index contributed by atoms with van der Waals surface area (Å²) >= 11 is 0. The summed E-state index contributed by atoms with van der Waals surface area (Å²) in [4.78, 5) is 12.8. The SMILES string of the molecule is Cc1ccc([C@@H]2O[C@@]34CCCC[C@]3(C)C(=O)[C@@H]2O4)cc1. The molecule has 3 heteroatoms. The lowest BCUT2D eigenvalue weighted by Crippen LogP contribution is -2.53. The summed E-state index contributed by atoms with van der Waals surface area (Å²) in [6.45, 7) is 4.09. The number of hydrogen-bond donors (Lipinski definition) is 0. The number of carbonyl (C=O) groups excluding carboxylic acids is 1. The summed E-state index contributed by atoms with van der Waals surface area (Å²) in [5, 5.41) is 0. The summed E-state index contributed by atoms with van der Waals surface area (Å²) in [6.07, 6.45) is 3.27. The van der Waals surface area contributed by atoms with E-state index in [4.69, 9.17) is 9.47 Å². The van der Waals surface area contributed by atoms with E-state index in [1.54, 1.807) is 0 Å². The van der Waals surface area contributed by atoms with E-state index in [2.05, 4.69) is 19.1 Å². The molecule has 4 rings (SSSR count). The fourth-order valence-corrected chi connectivity index (χ4v) is 4.06. The van der Waals surface area contributed by atoms with Gasteiger partial charge in [0, 0.05) is 6.42 Å². The molecule has 2 saturated heterocycles. The number of fused-ring (bicyclic) bond motifs is 1. The molecular weight excluding hydrogens is 252 g/mol. The number of carbonyl (C=O) groups is 1. The van der Waals surface area contributed by atoms with Gasteiger partial charge in [-0.15, -0.1) is 0 Å². The van der Waals surface area contributed by atoms with E-state index < -0.39 is 17.3 Å². The van der Waals surface area contributed by atoms with Gasteiger partial charge >= 0.3 is 0 Å². The van der Waals surface area contributed by atoms with Crippen molar-refractivity contribution in [1.29, 1.82) is 0 Å². The molecule has 0 aromatic heterocycles. The summed E-state index contributed by atoms with van der Waals surface area (Å²) in [5.41, 5.74) is 1.83. The maximum Gasteiger partial charge on any atom is 0.182 e. The molecule has 0 amide bonds. The molecule has 1 spiro atoms. The van der Waals surface area contributed by atoms with Crippen LogP contribution < -0.4 is 0 Å². The summed E-state index contributed by atoms with van der Waals surface area (Å²) in [7, 11) is 0. The Morgan fingerprint density at radius 1 is 1.05 bits per heavy atom. The van der Waals surface area contributed by atoms with Gasteiger partial charge in [0.05, 0.1) is 5.41 Å². The van der Waals surface area contributed by atoms with E-state index in [1.165, 1.54) is 5.56 Å². The van der Waals surface area contributed by atoms with Crippen LogP contribution in [0.15, 0.2) is 24.3 Å². The van der Waals surface area contributed by atoms with Crippen LogP contribution in [-0.4, -0.2) is 17.7 Å². The summed E-state index contributed by atoms with van der Waals surface area (Å²) in [6, 6.07) is 8.22. The Kier molecular flexibility index (Phi) is 2.46. The van der Waals surface area contributed by atoms with E-state index in [0.29, 0.717) is 0 Å². The molecular formula is C17H20O3. The molecule has 2 aliphatic heterocycles. The molecule has 106 valence electrons. The summed E-state index contributed by atoms with van der Waals surface area (Å²) < 4.78 is 12.4. The molecule has 1 aliphatic carbocycles. The maximum absolute atomic E-state index is 12.8. The molecule has 3 aliphatic rings. The predicted molar refractivity (Wildman–Crippen MR) is 74.2 cm³/mol. The molecule has 20 heavy (non-hydrogen) atoms. The zero-order valence-corrected chi connectivity index (χ0v) is 12.0. The van der Waals surface area contributed by atoms with E-state index >= 15 is 0 Å². The third-order valence-corrected chi connectivity index (χ3v) is 5.39. The molecule has 1 aromatic carbocycles. The lowest BCUT2D eigenvalue weighted by atomic mass is 9.67. The van der Waals surface area contributed by atoms with Crippen LogP contribution in [0.25, 0.3) is 0 Å². The van der Waals surface area contributed by atoms with Crippen molar-refractivity contribution < 1.29 is 14.3 Å². The van der Waals surface area contributed by atoms with Crippen LogP contribution in [0.5, 0.6) is 0 Å². The third kappa shape index (κ3) is 1.40. The predicted octanol–water partition coefficient (Wildman–Crippen LogP) is 3.31. The van der Waals surface area contributed by atoms with E-state index in [1.807, 2.05) is 19.1 Å². The molecule has 0 N–H and O–H groups in total. The Bertz CT molecular complexity index is 564. The van der Waals surface area contributed by atoms with Crippen molar-refractivity contribution in [3.8, 4) is 0 Å². The highest BCUT2D eigenvalue weighted by molar-refractivity contribution is 5.93. The summed E-state index contributed by atoms with van der Waals surface area (Å²) in [5.74, 6) is -0.420. The lowest BCUT2D eigenvalue weighted by Gasteiger charge is -2.45. The van der Waals surface area contributed by atoms with E-state index in [9.17, 15) is 4.79 Å². The quantitative estimate of drug-likeness (QED) is 0.786. The molecule has 1 saturated carbocycles. The molecule has 2 bridgehead atoms. The van der Waals surface area contributed by atoms with Gasteiger partial charge in [-0.1, -0.05) is 36.2 Å². The first kappa shape index (κ1) is 12.5. The standard InChI is InChI=1S/C17H20O3/c1-11-5-7-12(8-6-11)13-14-15(18)16(2)9-3-4-10-17(16,19-13)20-14/h5-8,13-14H,3-4,9-10H2,1-2H3/t13-,14+,16+,17+/m0/s1. The second-order valence-corrected chi connectivity index (χ2v) is 6.64. The van der Waals surface area contributed by atoms with Crippen molar-refractivity contribution >= 4 is 5.78 Å². The molecule has 0 unspecified atom stereocenters. The zero-order valence-electron chi connectivity index (χ0n) is 12.0. The highest BCUT2D eigenvalue weighted by Gasteiger charge is 2.71. The maximum atomic E-state index is 12.8. The average molecular weight is 272 g/mol. The number of rotatable bonds is 1. The van der Waals surface area contributed by atoms with Gasteiger partial charge in [-0.2, -0.15) is 0 Å². The van der Waals surface area contributed by atoms with Gasteiger partial charge in [0.15, 0.2) is 17.7 Å². The highest BCUT2D eigenvalue weighted by Crippen LogP contribution is 2.62. The van der Waals surface area contributed by atoms with E-state index in [-0.39, 0.29) is 11.9 Å². The first-order valence-corrected chi connectivity index (χ1v) is 7.52. The number of Topliss-reactive ketones (excluding diaryl/α,β-unsaturated/α-hetero) is 1. The van der Waals surface area contributed by atoms with Crippen molar-refractivity contribution in [2.45, 2.75) is 57.5 Å². The van der Waals surface area contributed by atoms with Crippen LogP contribution >= 0.6 is 0 Å². The van der Waals surface area contributed by atoms with Crippen LogP contribution in [0.4, 0.5) is 0 Å². The first-order chi connectivity index (χ1) is 9.56. The van der Waals surface area contributed by atoms with Crippen molar-refractivity contribution in [2.24, 2.45) is 5.41 Å². The molecule has 0 radical (unpaired) electrons. The van der Waals surface area contributed by atoms with E-state index in [0.717, 1.165) is 31.2 Å². The van der Waals surface area contributed by atoms with Gasteiger partial charge in [-0.3, -0.25) is 4.79 Å². The van der Waals surface area contributed by atoms with Gasteiger partial charge in [0.2, 0.25) is 0 Å². The Labute approximate surface area is 119 Å². The minimum absolute atomic E-state index is 0.228. The highest BCUT2D eigenvalue weighted by atomic mass is 16.8.